The Labute approximate surface area is 204 Å². The third kappa shape index (κ3) is 4.90. The lowest BCUT2D eigenvalue weighted by atomic mass is 10.2. The van der Waals surface area contributed by atoms with E-state index in [-0.39, 0.29) is 10.8 Å². The summed E-state index contributed by atoms with van der Waals surface area (Å²) in [4.78, 5) is 14.9. The first-order valence-electron chi connectivity index (χ1n) is 11.6. The highest BCUT2D eigenvalue weighted by Crippen LogP contribution is 2.33. The number of nitrogens with zero attached hydrogens (tertiary/aromatic N) is 1. The van der Waals surface area contributed by atoms with Crippen molar-refractivity contribution in [3.8, 4) is 11.5 Å². The van der Waals surface area contributed by atoms with E-state index < -0.39 is 16.1 Å². The minimum absolute atomic E-state index is 0.00543. The van der Waals surface area contributed by atoms with Crippen molar-refractivity contribution in [2.45, 2.75) is 30.7 Å². The first kappa shape index (κ1) is 23.0. The quantitative estimate of drug-likeness (QED) is 0.538. The van der Waals surface area contributed by atoms with Crippen LogP contribution in [0.25, 0.3) is 0 Å². The van der Waals surface area contributed by atoms with Crippen molar-refractivity contribution >= 4 is 33.0 Å². The van der Waals surface area contributed by atoms with Crippen molar-refractivity contribution < 1.29 is 22.7 Å². The van der Waals surface area contributed by atoms with E-state index in [4.69, 9.17) is 9.47 Å². The monoisotopic (exact) mass is 493 g/mol. The van der Waals surface area contributed by atoms with Crippen LogP contribution in [-0.2, 0) is 21.2 Å². The SMILES string of the molecule is C[C@@H](Nc1ccc(NS(=O)(=O)c2ccc3c(c2)OCCCO3)cc1)C(=O)N1CCc2ccccc21. The summed E-state index contributed by atoms with van der Waals surface area (Å²) in [6.07, 6.45) is 1.60. The average molecular weight is 494 g/mol. The molecule has 0 fully saturated rings. The van der Waals surface area contributed by atoms with Crippen LogP contribution in [0.2, 0.25) is 0 Å². The number of carbonyl (C=O) groups excluding carboxylic acids is 1. The second kappa shape index (κ2) is 9.50. The Morgan fingerprint density at radius 2 is 1.66 bits per heavy atom. The summed E-state index contributed by atoms with van der Waals surface area (Å²) in [5, 5.41) is 3.21. The van der Waals surface area contributed by atoms with Gasteiger partial charge in [0.15, 0.2) is 11.5 Å². The molecule has 0 saturated heterocycles. The molecular formula is C26H27N3O5S. The number of carbonyl (C=O) groups is 1. The van der Waals surface area contributed by atoms with Gasteiger partial charge in [-0.05, 0) is 61.4 Å². The number of anilines is 3. The lowest BCUT2D eigenvalue weighted by Gasteiger charge is -2.23. The molecule has 2 aliphatic rings. The fourth-order valence-electron chi connectivity index (χ4n) is 4.27. The molecule has 0 bridgehead atoms. The van der Waals surface area contributed by atoms with Gasteiger partial charge in [-0.3, -0.25) is 9.52 Å². The van der Waals surface area contributed by atoms with E-state index in [9.17, 15) is 13.2 Å². The fraction of sp³-hybridized carbons (Fsp3) is 0.269. The molecule has 35 heavy (non-hydrogen) atoms. The van der Waals surface area contributed by atoms with Crippen molar-refractivity contribution in [2.75, 3.05) is 34.7 Å². The van der Waals surface area contributed by atoms with Crippen molar-refractivity contribution in [3.05, 3.63) is 72.3 Å². The highest BCUT2D eigenvalue weighted by atomic mass is 32.2. The van der Waals surface area contributed by atoms with Crippen molar-refractivity contribution in [2.24, 2.45) is 0 Å². The number of fused-ring (bicyclic) bond motifs is 2. The van der Waals surface area contributed by atoms with Gasteiger partial charge in [-0.25, -0.2) is 8.42 Å². The van der Waals surface area contributed by atoms with Crippen LogP contribution < -0.4 is 24.4 Å². The summed E-state index contributed by atoms with van der Waals surface area (Å²) in [5.74, 6) is 0.955. The molecule has 8 nitrogen and oxygen atoms in total. The highest BCUT2D eigenvalue weighted by molar-refractivity contribution is 7.92. The Morgan fingerprint density at radius 1 is 0.943 bits per heavy atom. The van der Waals surface area contributed by atoms with Crippen molar-refractivity contribution in [1.29, 1.82) is 0 Å². The number of hydrogen-bond acceptors (Lipinski definition) is 6. The molecule has 0 spiro atoms. The number of para-hydroxylation sites is 1. The van der Waals surface area contributed by atoms with E-state index in [1.807, 2.05) is 36.1 Å². The molecule has 2 N–H and O–H groups in total. The third-order valence-electron chi connectivity index (χ3n) is 6.07. The Balaban J connectivity index is 1.24. The first-order valence-corrected chi connectivity index (χ1v) is 13.1. The van der Waals surface area contributed by atoms with Gasteiger partial charge in [-0.15, -0.1) is 0 Å². The lowest BCUT2D eigenvalue weighted by Crippen LogP contribution is -2.40. The number of nitrogens with one attached hydrogen (secondary N) is 2. The Morgan fingerprint density at radius 3 is 2.46 bits per heavy atom. The summed E-state index contributed by atoms with van der Waals surface area (Å²) < 4.78 is 39.6. The Hall–Kier alpha value is -3.72. The Bertz CT molecular complexity index is 1340. The molecule has 2 aliphatic heterocycles. The number of benzene rings is 3. The molecule has 2 heterocycles. The normalized spacial score (nSPS) is 15.6. The van der Waals surface area contributed by atoms with Crippen molar-refractivity contribution in [1.82, 2.24) is 0 Å². The molecular weight excluding hydrogens is 466 g/mol. The van der Waals surface area contributed by atoms with Gasteiger partial charge in [-0.2, -0.15) is 0 Å². The number of amides is 1. The number of ether oxygens (including phenoxy) is 2. The van der Waals surface area contributed by atoms with E-state index in [0.29, 0.717) is 36.9 Å². The predicted octanol–water partition coefficient (Wildman–Crippen LogP) is 4.04. The molecule has 0 radical (unpaired) electrons. The average Bonchev–Trinajstić information content (AvgIpc) is 3.14. The van der Waals surface area contributed by atoms with Gasteiger partial charge in [0.2, 0.25) is 5.91 Å². The smallest absolute Gasteiger partial charge is 0.262 e. The zero-order chi connectivity index (χ0) is 24.4. The van der Waals surface area contributed by atoms with Crippen LogP contribution in [0.4, 0.5) is 17.1 Å². The minimum Gasteiger partial charge on any atom is -0.490 e. The van der Waals surface area contributed by atoms with Crippen LogP contribution in [0.5, 0.6) is 11.5 Å². The fourth-order valence-corrected chi connectivity index (χ4v) is 5.35. The number of sulfonamides is 1. The molecule has 0 saturated carbocycles. The Kier molecular flexibility index (Phi) is 6.25. The van der Waals surface area contributed by atoms with Crippen LogP contribution in [0.1, 0.15) is 18.9 Å². The summed E-state index contributed by atoms with van der Waals surface area (Å²) in [7, 11) is -3.81. The highest BCUT2D eigenvalue weighted by Gasteiger charge is 2.27. The maximum atomic E-state index is 13.0. The summed E-state index contributed by atoms with van der Waals surface area (Å²) in [6.45, 7) is 3.51. The zero-order valence-electron chi connectivity index (χ0n) is 19.4. The lowest BCUT2D eigenvalue weighted by molar-refractivity contribution is -0.118. The van der Waals surface area contributed by atoms with Gasteiger partial charge in [0.25, 0.3) is 10.0 Å². The van der Waals surface area contributed by atoms with Gasteiger partial charge in [0, 0.05) is 36.1 Å². The van der Waals surface area contributed by atoms with Crippen LogP contribution in [-0.4, -0.2) is 40.1 Å². The maximum absolute atomic E-state index is 13.0. The molecule has 1 atom stereocenters. The molecule has 0 aromatic heterocycles. The zero-order valence-corrected chi connectivity index (χ0v) is 20.2. The number of rotatable bonds is 6. The van der Waals surface area contributed by atoms with E-state index >= 15 is 0 Å². The van der Waals surface area contributed by atoms with E-state index in [2.05, 4.69) is 10.0 Å². The molecule has 0 unspecified atom stereocenters. The minimum atomic E-state index is -3.81. The number of hydrogen-bond donors (Lipinski definition) is 2. The van der Waals surface area contributed by atoms with E-state index in [1.54, 1.807) is 30.3 Å². The topological polar surface area (TPSA) is 97.0 Å². The third-order valence-corrected chi connectivity index (χ3v) is 7.45. The van der Waals surface area contributed by atoms with Crippen molar-refractivity contribution in [3.63, 3.8) is 0 Å². The van der Waals surface area contributed by atoms with Gasteiger partial charge in [-0.1, -0.05) is 18.2 Å². The molecule has 3 aromatic carbocycles. The van der Waals surface area contributed by atoms with Crippen LogP contribution in [0, 0.1) is 0 Å². The second-order valence-electron chi connectivity index (χ2n) is 8.58. The second-order valence-corrected chi connectivity index (χ2v) is 10.3. The molecule has 9 heteroatoms. The maximum Gasteiger partial charge on any atom is 0.262 e. The van der Waals surface area contributed by atoms with Gasteiger partial charge >= 0.3 is 0 Å². The molecule has 1 amide bonds. The molecule has 5 rings (SSSR count). The molecule has 3 aromatic rings. The predicted molar refractivity (Wildman–Crippen MR) is 135 cm³/mol. The first-order chi connectivity index (χ1) is 16.9. The molecule has 0 aliphatic carbocycles. The van der Waals surface area contributed by atoms with E-state index in [1.165, 1.54) is 17.7 Å². The summed E-state index contributed by atoms with van der Waals surface area (Å²) >= 11 is 0. The standard InChI is InChI=1S/C26H27N3O5S/c1-18(26(30)29-14-13-19-5-2-3-6-23(19)29)27-20-7-9-21(10-8-20)28-35(31,32)22-11-12-24-25(17-22)34-16-4-15-33-24/h2-3,5-12,17-18,27-28H,4,13-16H2,1H3/t18-/m1/s1. The van der Waals surface area contributed by atoms with Gasteiger partial charge < -0.3 is 19.7 Å². The van der Waals surface area contributed by atoms with E-state index in [0.717, 1.165) is 24.2 Å². The van der Waals surface area contributed by atoms with Crippen LogP contribution in [0.3, 0.4) is 0 Å². The van der Waals surface area contributed by atoms with Gasteiger partial charge in [0.05, 0.1) is 18.1 Å². The van der Waals surface area contributed by atoms with Gasteiger partial charge in [0.1, 0.15) is 6.04 Å². The summed E-state index contributed by atoms with van der Waals surface area (Å²) in [5.41, 5.74) is 3.27. The largest absolute Gasteiger partial charge is 0.490 e. The van der Waals surface area contributed by atoms with Crippen LogP contribution in [0.15, 0.2) is 71.6 Å². The molecule has 182 valence electrons. The summed E-state index contributed by atoms with van der Waals surface area (Å²) in [6, 6.07) is 18.9. The van der Waals surface area contributed by atoms with Crippen LogP contribution >= 0.6 is 0 Å².